The van der Waals surface area contributed by atoms with Crippen molar-refractivity contribution in [3.8, 4) is 0 Å². The maximum Gasteiger partial charge on any atom is 0.242 e. The van der Waals surface area contributed by atoms with Gasteiger partial charge in [0.15, 0.2) is 0 Å². The van der Waals surface area contributed by atoms with E-state index >= 15 is 0 Å². The minimum absolute atomic E-state index is 0.0294. The molecule has 0 saturated heterocycles. The number of benzene rings is 1. The highest BCUT2D eigenvalue weighted by Gasteiger charge is 2.23. The molecule has 0 aliphatic carbocycles. The molecule has 2 N–H and O–H groups in total. The molecule has 0 spiro atoms. The van der Waals surface area contributed by atoms with Crippen LogP contribution in [0.5, 0.6) is 0 Å². The van der Waals surface area contributed by atoms with Crippen molar-refractivity contribution in [1.82, 2.24) is 4.72 Å². The molecule has 4 nitrogen and oxygen atoms in total. The molecule has 1 unspecified atom stereocenters. The third-order valence-electron chi connectivity index (χ3n) is 3.20. The van der Waals surface area contributed by atoms with Crippen LogP contribution in [0.25, 0.3) is 0 Å². The lowest BCUT2D eigenvalue weighted by atomic mass is 10.1. The average molecular weight is 354 g/mol. The lowest BCUT2D eigenvalue weighted by Crippen LogP contribution is -2.32. The van der Waals surface area contributed by atoms with Gasteiger partial charge in [-0.25, -0.2) is 13.1 Å². The van der Waals surface area contributed by atoms with E-state index in [1.807, 2.05) is 6.92 Å². The van der Waals surface area contributed by atoms with Crippen LogP contribution >= 0.6 is 23.2 Å². The van der Waals surface area contributed by atoms with E-state index in [2.05, 4.69) is 11.6 Å². The van der Waals surface area contributed by atoms with Crippen molar-refractivity contribution in [2.45, 2.75) is 57.1 Å². The summed E-state index contributed by atoms with van der Waals surface area (Å²) in [6, 6.07) is 2.60. The number of sulfonamides is 1. The van der Waals surface area contributed by atoms with E-state index in [9.17, 15) is 13.5 Å². The SMILES string of the molecule is CCCCCC(C)NS(=O)(=O)c1ccc(Cl)c(CO)c1Cl. The van der Waals surface area contributed by atoms with Crippen molar-refractivity contribution in [2.24, 2.45) is 0 Å². The fourth-order valence-corrected chi connectivity index (χ4v) is 4.19. The van der Waals surface area contributed by atoms with Crippen molar-refractivity contribution >= 4 is 33.2 Å². The zero-order valence-electron chi connectivity index (χ0n) is 12.2. The molecular formula is C14H21Cl2NO3S. The summed E-state index contributed by atoms with van der Waals surface area (Å²) in [6.45, 7) is 3.51. The predicted octanol–water partition coefficient (Wildman–Crippen LogP) is 3.73. The highest BCUT2D eigenvalue weighted by molar-refractivity contribution is 7.89. The van der Waals surface area contributed by atoms with Crippen LogP contribution in [0.3, 0.4) is 0 Å². The lowest BCUT2D eigenvalue weighted by molar-refractivity contribution is 0.281. The number of nitrogens with one attached hydrogen (secondary N) is 1. The van der Waals surface area contributed by atoms with Crippen LogP contribution in [0.4, 0.5) is 0 Å². The van der Waals surface area contributed by atoms with Gasteiger partial charge in [0, 0.05) is 16.6 Å². The van der Waals surface area contributed by atoms with Gasteiger partial charge >= 0.3 is 0 Å². The Hall–Kier alpha value is -0.330. The van der Waals surface area contributed by atoms with E-state index in [1.165, 1.54) is 12.1 Å². The van der Waals surface area contributed by atoms with E-state index < -0.39 is 16.6 Å². The average Bonchev–Trinajstić information content (AvgIpc) is 2.38. The Morgan fingerprint density at radius 2 is 1.95 bits per heavy atom. The fraction of sp³-hybridized carbons (Fsp3) is 0.571. The van der Waals surface area contributed by atoms with Crippen LogP contribution in [0.15, 0.2) is 17.0 Å². The van der Waals surface area contributed by atoms with E-state index in [-0.39, 0.29) is 26.5 Å². The maximum atomic E-state index is 12.4. The monoisotopic (exact) mass is 353 g/mol. The summed E-state index contributed by atoms with van der Waals surface area (Å²) < 4.78 is 27.3. The number of unbranched alkanes of at least 4 members (excludes halogenated alkanes) is 2. The van der Waals surface area contributed by atoms with Gasteiger partial charge in [-0.1, -0.05) is 49.4 Å². The second-order valence-electron chi connectivity index (χ2n) is 5.01. The molecule has 1 aromatic carbocycles. The molecule has 21 heavy (non-hydrogen) atoms. The number of hydrogen-bond acceptors (Lipinski definition) is 3. The highest BCUT2D eigenvalue weighted by Crippen LogP contribution is 2.31. The summed E-state index contributed by atoms with van der Waals surface area (Å²) in [6.07, 6.45) is 3.90. The van der Waals surface area contributed by atoms with Crippen LogP contribution in [0.1, 0.15) is 45.1 Å². The van der Waals surface area contributed by atoms with Gasteiger partial charge in [0.1, 0.15) is 4.90 Å². The normalized spacial score (nSPS) is 13.4. The van der Waals surface area contributed by atoms with Gasteiger partial charge in [-0.3, -0.25) is 0 Å². The Kier molecular flexibility index (Phi) is 7.44. The maximum absolute atomic E-state index is 12.4. The smallest absolute Gasteiger partial charge is 0.242 e. The molecule has 0 aliphatic rings. The van der Waals surface area contributed by atoms with Gasteiger partial charge in [-0.2, -0.15) is 0 Å². The van der Waals surface area contributed by atoms with Gasteiger partial charge in [-0.15, -0.1) is 0 Å². The summed E-state index contributed by atoms with van der Waals surface area (Å²) in [5.74, 6) is 0. The molecule has 7 heteroatoms. The minimum atomic E-state index is -3.73. The highest BCUT2D eigenvalue weighted by atomic mass is 35.5. The molecule has 0 aromatic heterocycles. The van der Waals surface area contributed by atoms with Gasteiger partial charge in [0.05, 0.1) is 11.6 Å². The molecule has 0 aliphatic heterocycles. The first-order chi connectivity index (χ1) is 9.83. The number of rotatable bonds is 8. The quantitative estimate of drug-likeness (QED) is 0.699. The summed E-state index contributed by atoms with van der Waals surface area (Å²) in [5, 5.41) is 9.45. The number of aliphatic hydroxyl groups is 1. The summed E-state index contributed by atoms with van der Waals surface area (Å²) >= 11 is 11.9. The Morgan fingerprint density at radius 3 is 2.52 bits per heavy atom. The zero-order chi connectivity index (χ0) is 16.0. The molecule has 0 heterocycles. The second-order valence-corrected chi connectivity index (χ2v) is 7.48. The minimum Gasteiger partial charge on any atom is -0.392 e. The Bertz CT molecular complexity index is 576. The Labute approximate surface area is 136 Å². The first-order valence-electron chi connectivity index (χ1n) is 6.93. The summed E-state index contributed by atoms with van der Waals surface area (Å²) in [5.41, 5.74) is 0.222. The van der Waals surface area contributed by atoms with Gasteiger partial charge in [0.25, 0.3) is 0 Å². The van der Waals surface area contributed by atoms with E-state index in [0.29, 0.717) is 0 Å². The second kappa shape index (κ2) is 8.34. The van der Waals surface area contributed by atoms with Crippen molar-refractivity contribution in [3.05, 3.63) is 27.7 Å². The van der Waals surface area contributed by atoms with Gasteiger partial charge in [-0.05, 0) is 25.5 Å². The van der Waals surface area contributed by atoms with E-state index in [4.69, 9.17) is 23.2 Å². The molecule has 0 amide bonds. The van der Waals surface area contributed by atoms with E-state index in [0.717, 1.165) is 25.7 Å². The van der Waals surface area contributed by atoms with Crippen LogP contribution in [0.2, 0.25) is 10.0 Å². The Morgan fingerprint density at radius 1 is 1.29 bits per heavy atom. The van der Waals surface area contributed by atoms with Gasteiger partial charge < -0.3 is 5.11 Å². The molecular weight excluding hydrogens is 333 g/mol. The third-order valence-corrected chi connectivity index (χ3v) is 5.73. The molecule has 0 fully saturated rings. The number of aliphatic hydroxyl groups excluding tert-OH is 1. The molecule has 1 atom stereocenters. The zero-order valence-corrected chi connectivity index (χ0v) is 14.5. The topological polar surface area (TPSA) is 66.4 Å². The largest absolute Gasteiger partial charge is 0.392 e. The molecule has 0 radical (unpaired) electrons. The van der Waals surface area contributed by atoms with Crippen LogP contribution < -0.4 is 4.72 Å². The third kappa shape index (κ3) is 5.11. The molecule has 0 bridgehead atoms. The molecule has 1 aromatic rings. The predicted molar refractivity (Wildman–Crippen MR) is 86.3 cm³/mol. The van der Waals surface area contributed by atoms with Crippen molar-refractivity contribution in [3.63, 3.8) is 0 Å². The van der Waals surface area contributed by atoms with Crippen LogP contribution in [-0.2, 0) is 16.6 Å². The van der Waals surface area contributed by atoms with Crippen molar-refractivity contribution < 1.29 is 13.5 Å². The number of hydrogen-bond donors (Lipinski definition) is 2. The van der Waals surface area contributed by atoms with Crippen LogP contribution in [0, 0.1) is 0 Å². The van der Waals surface area contributed by atoms with Crippen LogP contribution in [-0.4, -0.2) is 19.6 Å². The van der Waals surface area contributed by atoms with Gasteiger partial charge in [0.2, 0.25) is 10.0 Å². The number of halogens is 2. The van der Waals surface area contributed by atoms with Crippen molar-refractivity contribution in [1.29, 1.82) is 0 Å². The standard InChI is InChI=1S/C14H21Cl2NO3S/c1-3-4-5-6-10(2)17-21(19,20)13-8-7-12(15)11(9-18)14(13)16/h7-8,10,17-18H,3-6,9H2,1-2H3. The first-order valence-corrected chi connectivity index (χ1v) is 9.17. The Balaban J connectivity index is 2.93. The molecule has 120 valence electrons. The lowest BCUT2D eigenvalue weighted by Gasteiger charge is -2.16. The fourth-order valence-electron chi connectivity index (χ4n) is 2.02. The van der Waals surface area contributed by atoms with Crippen molar-refractivity contribution in [2.75, 3.05) is 0 Å². The summed E-state index contributed by atoms with van der Waals surface area (Å²) in [4.78, 5) is -0.0556. The summed E-state index contributed by atoms with van der Waals surface area (Å²) in [7, 11) is -3.73. The van der Waals surface area contributed by atoms with E-state index in [1.54, 1.807) is 0 Å². The molecule has 1 rings (SSSR count). The molecule has 0 saturated carbocycles. The first kappa shape index (κ1) is 18.7.